The van der Waals surface area contributed by atoms with E-state index in [1.54, 1.807) is 23.9 Å². The lowest BCUT2D eigenvalue weighted by Gasteiger charge is -2.08. The first-order chi connectivity index (χ1) is 10.1. The topological polar surface area (TPSA) is 93.5 Å². The Morgan fingerprint density at radius 3 is 2.86 bits per heavy atom. The van der Waals surface area contributed by atoms with Crippen LogP contribution in [0, 0.1) is 0 Å². The van der Waals surface area contributed by atoms with Crippen molar-refractivity contribution < 1.29 is 19.4 Å². The molecule has 0 saturated heterocycles. The number of imidazole rings is 1. The van der Waals surface area contributed by atoms with E-state index >= 15 is 0 Å². The number of phenols is 1. The van der Waals surface area contributed by atoms with Gasteiger partial charge < -0.3 is 19.7 Å². The zero-order chi connectivity index (χ0) is 15.2. The second kappa shape index (κ2) is 6.56. The van der Waals surface area contributed by atoms with Gasteiger partial charge >= 0.3 is 5.97 Å². The number of anilines is 1. The highest BCUT2D eigenvalue weighted by atomic mass is 16.5. The van der Waals surface area contributed by atoms with Crippen LogP contribution in [0.25, 0.3) is 0 Å². The van der Waals surface area contributed by atoms with Crippen molar-refractivity contribution in [3.05, 3.63) is 42.5 Å². The third-order valence-electron chi connectivity index (χ3n) is 2.66. The number of amides is 1. The van der Waals surface area contributed by atoms with Gasteiger partial charge in [0.05, 0.1) is 12.9 Å². The van der Waals surface area contributed by atoms with Gasteiger partial charge in [-0.05, 0) is 19.1 Å². The molecule has 0 spiro atoms. The summed E-state index contributed by atoms with van der Waals surface area (Å²) in [4.78, 5) is 27.1. The van der Waals surface area contributed by atoms with E-state index in [0.29, 0.717) is 5.69 Å². The predicted octanol–water partition coefficient (Wildman–Crippen LogP) is 1.40. The average molecular weight is 289 g/mol. The van der Waals surface area contributed by atoms with Gasteiger partial charge in [0.1, 0.15) is 17.9 Å². The van der Waals surface area contributed by atoms with E-state index in [4.69, 9.17) is 4.74 Å². The molecule has 1 amide bonds. The van der Waals surface area contributed by atoms with E-state index in [1.807, 2.05) is 0 Å². The fourth-order valence-corrected chi connectivity index (χ4v) is 1.74. The molecule has 1 aromatic heterocycles. The van der Waals surface area contributed by atoms with E-state index in [9.17, 15) is 14.7 Å². The highest BCUT2D eigenvalue weighted by Crippen LogP contribution is 2.22. The van der Waals surface area contributed by atoms with E-state index in [-0.39, 0.29) is 30.4 Å². The molecule has 110 valence electrons. The molecular formula is C14H15N3O4. The first-order valence-corrected chi connectivity index (χ1v) is 6.36. The van der Waals surface area contributed by atoms with E-state index in [2.05, 4.69) is 10.3 Å². The molecule has 0 aliphatic heterocycles. The fraction of sp³-hybridized carbons (Fsp3) is 0.214. The Morgan fingerprint density at radius 1 is 1.43 bits per heavy atom. The molecule has 0 atom stereocenters. The van der Waals surface area contributed by atoms with Gasteiger partial charge in [-0.25, -0.2) is 9.78 Å². The Labute approximate surface area is 121 Å². The van der Waals surface area contributed by atoms with Gasteiger partial charge in [-0.1, -0.05) is 0 Å². The number of nitrogens with one attached hydrogen (secondary N) is 1. The van der Waals surface area contributed by atoms with Crippen molar-refractivity contribution >= 4 is 17.6 Å². The van der Waals surface area contributed by atoms with Gasteiger partial charge in [-0.15, -0.1) is 0 Å². The highest BCUT2D eigenvalue weighted by molar-refractivity contribution is 5.95. The van der Waals surface area contributed by atoms with E-state index < -0.39 is 5.97 Å². The number of carbonyl (C=O) groups excluding carboxylic acids is 2. The van der Waals surface area contributed by atoms with Crippen LogP contribution in [-0.2, 0) is 16.1 Å². The first kappa shape index (κ1) is 14.6. The van der Waals surface area contributed by atoms with Gasteiger partial charge in [0, 0.05) is 24.1 Å². The molecule has 7 nitrogen and oxygen atoms in total. The van der Waals surface area contributed by atoms with Crippen LogP contribution in [0.5, 0.6) is 5.75 Å². The van der Waals surface area contributed by atoms with Gasteiger partial charge in [0.2, 0.25) is 5.91 Å². The number of benzene rings is 1. The summed E-state index contributed by atoms with van der Waals surface area (Å²) < 4.78 is 6.42. The molecule has 0 fully saturated rings. The second-order valence-corrected chi connectivity index (χ2v) is 4.24. The summed E-state index contributed by atoms with van der Waals surface area (Å²) in [7, 11) is 0. The summed E-state index contributed by atoms with van der Waals surface area (Å²) in [5.41, 5.74) is 0.454. The maximum Gasteiger partial charge on any atom is 0.341 e. The first-order valence-electron chi connectivity index (χ1n) is 6.36. The van der Waals surface area contributed by atoms with Crippen LogP contribution in [-0.4, -0.2) is 33.1 Å². The summed E-state index contributed by atoms with van der Waals surface area (Å²) in [5.74, 6) is -1.11. The highest BCUT2D eigenvalue weighted by Gasteiger charge is 2.13. The zero-order valence-electron chi connectivity index (χ0n) is 11.4. The van der Waals surface area contributed by atoms with Crippen molar-refractivity contribution in [3.63, 3.8) is 0 Å². The molecule has 0 aliphatic rings. The maximum absolute atomic E-state index is 11.8. The lowest BCUT2D eigenvalue weighted by Crippen LogP contribution is -2.18. The summed E-state index contributed by atoms with van der Waals surface area (Å²) >= 11 is 0. The minimum Gasteiger partial charge on any atom is -0.507 e. The zero-order valence-corrected chi connectivity index (χ0v) is 11.4. The summed E-state index contributed by atoms with van der Waals surface area (Å²) in [6.45, 7) is 2.02. The average Bonchev–Trinajstić information content (AvgIpc) is 2.91. The Morgan fingerprint density at radius 2 is 2.24 bits per heavy atom. The maximum atomic E-state index is 11.8. The largest absolute Gasteiger partial charge is 0.507 e. The molecule has 1 heterocycles. The van der Waals surface area contributed by atoms with Crippen LogP contribution in [0.4, 0.5) is 5.69 Å². The van der Waals surface area contributed by atoms with Gasteiger partial charge in [-0.3, -0.25) is 4.79 Å². The number of ether oxygens (including phenoxy) is 1. The van der Waals surface area contributed by atoms with Crippen molar-refractivity contribution in [1.29, 1.82) is 0 Å². The van der Waals surface area contributed by atoms with E-state index in [0.717, 1.165) is 0 Å². The Kier molecular flexibility index (Phi) is 4.55. The molecule has 0 radical (unpaired) electrons. The van der Waals surface area contributed by atoms with Crippen LogP contribution in [0.1, 0.15) is 17.3 Å². The molecule has 7 heteroatoms. The smallest absolute Gasteiger partial charge is 0.341 e. The summed E-state index contributed by atoms with van der Waals surface area (Å²) in [6, 6.07) is 4.23. The third kappa shape index (κ3) is 3.82. The Bertz CT molecular complexity index is 638. The quantitative estimate of drug-likeness (QED) is 0.812. The van der Waals surface area contributed by atoms with Crippen LogP contribution < -0.4 is 5.32 Å². The molecule has 0 unspecified atom stereocenters. The number of nitrogens with zero attached hydrogens (tertiary/aromatic N) is 2. The van der Waals surface area contributed by atoms with Crippen molar-refractivity contribution in [2.75, 3.05) is 11.9 Å². The normalized spacial score (nSPS) is 10.1. The van der Waals surface area contributed by atoms with Crippen molar-refractivity contribution in [3.8, 4) is 5.75 Å². The third-order valence-corrected chi connectivity index (χ3v) is 2.66. The molecule has 2 aromatic rings. The molecule has 0 saturated carbocycles. The summed E-state index contributed by atoms with van der Waals surface area (Å²) in [5, 5.41) is 12.4. The SMILES string of the molecule is CCOC(=O)c1ccc(NC(=O)Cn2ccnc2)cc1O. The number of hydrogen-bond donors (Lipinski definition) is 2. The second-order valence-electron chi connectivity index (χ2n) is 4.24. The molecule has 2 N–H and O–H groups in total. The minimum atomic E-state index is -0.605. The summed E-state index contributed by atoms with van der Waals surface area (Å²) in [6.07, 6.45) is 4.77. The van der Waals surface area contributed by atoms with Crippen LogP contribution in [0.3, 0.4) is 0 Å². The molecule has 0 aliphatic carbocycles. The Balaban J connectivity index is 2.03. The molecular weight excluding hydrogens is 274 g/mol. The number of phenolic OH excluding ortho intramolecular Hbond substituents is 1. The van der Waals surface area contributed by atoms with Crippen molar-refractivity contribution in [2.45, 2.75) is 13.5 Å². The number of rotatable bonds is 5. The van der Waals surface area contributed by atoms with E-state index in [1.165, 1.54) is 24.5 Å². The number of esters is 1. The molecule has 1 aromatic carbocycles. The van der Waals surface area contributed by atoms with Gasteiger partial charge in [0.15, 0.2) is 0 Å². The minimum absolute atomic E-state index is 0.0597. The fourth-order valence-electron chi connectivity index (χ4n) is 1.74. The number of hydrogen-bond acceptors (Lipinski definition) is 5. The monoisotopic (exact) mass is 289 g/mol. The number of aromatic nitrogens is 2. The van der Waals surface area contributed by atoms with Gasteiger partial charge in [-0.2, -0.15) is 0 Å². The van der Waals surface area contributed by atoms with Crippen LogP contribution >= 0.6 is 0 Å². The predicted molar refractivity (Wildman–Crippen MR) is 74.9 cm³/mol. The lowest BCUT2D eigenvalue weighted by atomic mass is 10.2. The lowest BCUT2D eigenvalue weighted by molar-refractivity contribution is -0.116. The number of aromatic hydroxyl groups is 1. The van der Waals surface area contributed by atoms with Crippen molar-refractivity contribution in [2.24, 2.45) is 0 Å². The Hall–Kier alpha value is -2.83. The van der Waals surface area contributed by atoms with Crippen LogP contribution in [0.2, 0.25) is 0 Å². The molecule has 0 bridgehead atoms. The number of carbonyl (C=O) groups is 2. The van der Waals surface area contributed by atoms with Crippen LogP contribution in [0.15, 0.2) is 36.9 Å². The molecule has 21 heavy (non-hydrogen) atoms. The molecule has 2 rings (SSSR count). The van der Waals surface area contributed by atoms with Gasteiger partial charge in [0.25, 0.3) is 0 Å². The van der Waals surface area contributed by atoms with Crippen molar-refractivity contribution in [1.82, 2.24) is 9.55 Å². The standard InChI is InChI=1S/C14H15N3O4/c1-2-21-14(20)11-4-3-10(7-12(11)18)16-13(19)8-17-6-5-15-9-17/h3-7,9,18H,2,8H2,1H3,(H,16,19).